The normalized spacial score (nSPS) is 25.8. The van der Waals surface area contributed by atoms with Crippen LogP contribution in [0.2, 0.25) is 0 Å². The average Bonchev–Trinajstić information content (AvgIpc) is 2.70. The monoisotopic (exact) mass is 211 g/mol. The topological polar surface area (TPSA) is 12.0 Å². The van der Waals surface area contributed by atoms with Crippen LogP contribution >= 0.6 is 0 Å². The van der Waals surface area contributed by atoms with E-state index in [1.54, 1.807) is 12.1 Å². The van der Waals surface area contributed by atoms with Gasteiger partial charge < -0.3 is 5.32 Å². The van der Waals surface area contributed by atoms with E-state index in [0.29, 0.717) is 5.56 Å². The molecule has 2 unspecified atom stereocenters. The minimum absolute atomic E-state index is 0.116. The molecule has 1 heterocycles. The zero-order chi connectivity index (χ0) is 10.8. The molecule has 1 aromatic rings. The van der Waals surface area contributed by atoms with Gasteiger partial charge in [0.2, 0.25) is 0 Å². The molecule has 0 aliphatic carbocycles. The van der Waals surface area contributed by atoms with E-state index in [-0.39, 0.29) is 12.0 Å². The lowest BCUT2D eigenvalue weighted by atomic mass is 9.90. The first-order valence-corrected chi connectivity index (χ1v) is 5.41. The van der Waals surface area contributed by atoms with E-state index < -0.39 is 11.6 Å². The van der Waals surface area contributed by atoms with Gasteiger partial charge in [-0.05, 0) is 31.0 Å². The Kier molecular flexibility index (Phi) is 3.00. The van der Waals surface area contributed by atoms with Crippen molar-refractivity contribution in [2.75, 3.05) is 6.54 Å². The van der Waals surface area contributed by atoms with Gasteiger partial charge in [-0.15, -0.1) is 0 Å². The number of nitrogens with one attached hydrogen (secondary N) is 1. The van der Waals surface area contributed by atoms with Crippen LogP contribution in [0.3, 0.4) is 0 Å². The highest BCUT2D eigenvalue weighted by Gasteiger charge is 2.29. The Balaban J connectivity index is 2.32. The zero-order valence-electron chi connectivity index (χ0n) is 8.76. The summed E-state index contributed by atoms with van der Waals surface area (Å²) in [7, 11) is 0. The fourth-order valence-electron chi connectivity index (χ4n) is 2.38. The third-order valence-corrected chi connectivity index (χ3v) is 3.17. The Morgan fingerprint density at radius 1 is 1.40 bits per heavy atom. The van der Waals surface area contributed by atoms with Crippen LogP contribution in [0.15, 0.2) is 18.2 Å². The number of benzene rings is 1. The predicted molar refractivity (Wildman–Crippen MR) is 55.8 cm³/mol. The molecule has 1 aliphatic heterocycles. The van der Waals surface area contributed by atoms with Crippen LogP contribution in [0.5, 0.6) is 0 Å². The first kappa shape index (κ1) is 10.6. The Labute approximate surface area is 88.5 Å². The van der Waals surface area contributed by atoms with Crippen molar-refractivity contribution >= 4 is 0 Å². The highest BCUT2D eigenvalue weighted by atomic mass is 19.2. The fourth-order valence-corrected chi connectivity index (χ4v) is 2.38. The summed E-state index contributed by atoms with van der Waals surface area (Å²) < 4.78 is 26.6. The smallest absolute Gasteiger partial charge is 0.162 e. The molecule has 15 heavy (non-hydrogen) atoms. The van der Waals surface area contributed by atoms with Gasteiger partial charge in [-0.1, -0.05) is 19.1 Å². The summed E-state index contributed by atoms with van der Waals surface area (Å²) in [6.45, 7) is 2.95. The van der Waals surface area contributed by atoms with Crippen LogP contribution in [0.25, 0.3) is 0 Å². The van der Waals surface area contributed by atoms with Crippen molar-refractivity contribution in [3.63, 3.8) is 0 Å². The van der Waals surface area contributed by atoms with Gasteiger partial charge >= 0.3 is 0 Å². The minimum atomic E-state index is -0.741. The Hall–Kier alpha value is -0.960. The molecule has 0 saturated carbocycles. The molecule has 2 atom stereocenters. The number of hydrogen-bond acceptors (Lipinski definition) is 1. The van der Waals surface area contributed by atoms with Gasteiger partial charge in [0.15, 0.2) is 11.6 Å². The molecule has 1 aromatic carbocycles. The Morgan fingerprint density at radius 2 is 2.20 bits per heavy atom. The molecule has 2 rings (SSSR count). The number of rotatable bonds is 2. The lowest BCUT2D eigenvalue weighted by Crippen LogP contribution is -2.25. The van der Waals surface area contributed by atoms with Crippen molar-refractivity contribution < 1.29 is 8.78 Å². The maximum atomic E-state index is 13.6. The van der Waals surface area contributed by atoms with E-state index >= 15 is 0 Å². The molecular weight excluding hydrogens is 196 g/mol. The van der Waals surface area contributed by atoms with Gasteiger partial charge in [0, 0.05) is 12.0 Å². The van der Waals surface area contributed by atoms with Crippen LogP contribution in [0, 0.1) is 11.6 Å². The maximum absolute atomic E-state index is 13.6. The molecule has 0 spiro atoms. The summed E-state index contributed by atoms with van der Waals surface area (Å²) in [6.07, 6.45) is 1.83. The van der Waals surface area contributed by atoms with Crippen LogP contribution in [-0.4, -0.2) is 12.6 Å². The highest BCUT2D eigenvalue weighted by Crippen LogP contribution is 2.31. The third-order valence-electron chi connectivity index (χ3n) is 3.17. The van der Waals surface area contributed by atoms with Crippen molar-refractivity contribution in [1.82, 2.24) is 5.32 Å². The van der Waals surface area contributed by atoms with Gasteiger partial charge in [0.1, 0.15) is 0 Å². The molecular formula is C12H15F2N. The van der Waals surface area contributed by atoms with Gasteiger partial charge in [0.25, 0.3) is 0 Å². The average molecular weight is 211 g/mol. The van der Waals surface area contributed by atoms with Crippen molar-refractivity contribution in [1.29, 1.82) is 0 Å². The second-order valence-corrected chi connectivity index (χ2v) is 4.01. The lowest BCUT2D eigenvalue weighted by molar-refractivity contribution is 0.466. The molecule has 3 heteroatoms. The summed E-state index contributed by atoms with van der Waals surface area (Å²) in [6, 6.07) is 4.72. The summed E-state index contributed by atoms with van der Waals surface area (Å²) in [5.74, 6) is -1.30. The third kappa shape index (κ3) is 1.88. The van der Waals surface area contributed by atoms with Crippen LogP contribution in [0.4, 0.5) is 8.78 Å². The zero-order valence-corrected chi connectivity index (χ0v) is 8.76. The largest absolute Gasteiger partial charge is 0.313 e. The molecule has 1 fully saturated rings. The quantitative estimate of drug-likeness (QED) is 0.793. The van der Waals surface area contributed by atoms with E-state index in [2.05, 4.69) is 12.2 Å². The van der Waals surface area contributed by atoms with Crippen molar-refractivity contribution in [2.45, 2.75) is 31.7 Å². The summed E-state index contributed by atoms with van der Waals surface area (Å²) >= 11 is 0. The summed E-state index contributed by atoms with van der Waals surface area (Å²) in [5.41, 5.74) is 0.520. The minimum Gasteiger partial charge on any atom is -0.313 e. The number of hydrogen-bond donors (Lipinski definition) is 1. The molecule has 1 aliphatic rings. The Morgan fingerprint density at radius 3 is 2.93 bits per heavy atom. The van der Waals surface area contributed by atoms with Crippen LogP contribution in [-0.2, 0) is 0 Å². The maximum Gasteiger partial charge on any atom is 0.162 e. The number of halogens is 2. The van der Waals surface area contributed by atoms with Crippen LogP contribution in [0.1, 0.15) is 31.2 Å². The Bertz CT molecular complexity index is 351. The van der Waals surface area contributed by atoms with E-state index in [1.165, 1.54) is 6.07 Å². The van der Waals surface area contributed by atoms with E-state index in [0.717, 1.165) is 19.4 Å². The van der Waals surface area contributed by atoms with Gasteiger partial charge in [-0.25, -0.2) is 8.78 Å². The van der Waals surface area contributed by atoms with E-state index in [4.69, 9.17) is 0 Å². The van der Waals surface area contributed by atoms with Crippen molar-refractivity contribution in [2.24, 2.45) is 0 Å². The van der Waals surface area contributed by atoms with Crippen molar-refractivity contribution in [3.05, 3.63) is 35.4 Å². The van der Waals surface area contributed by atoms with Gasteiger partial charge in [-0.2, -0.15) is 0 Å². The second kappa shape index (κ2) is 4.27. The van der Waals surface area contributed by atoms with Crippen LogP contribution < -0.4 is 5.32 Å². The second-order valence-electron chi connectivity index (χ2n) is 4.01. The first-order chi connectivity index (χ1) is 7.24. The molecule has 1 nitrogen and oxygen atoms in total. The molecule has 0 aromatic heterocycles. The molecule has 1 saturated heterocycles. The predicted octanol–water partition coefficient (Wildman–Crippen LogP) is 2.82. The van der Waals surface area contributed by atoms with Gasteiger partial charge in [0.05, 0.1) is 0 Å². The first-order valence-electron chi connectivity index (χ1n) is 5.41. The summed E-state index contributed by atoms with van der Waals surface area (Å²) in [5, 5.41) is 3.31. The van der Waals surface area contributed by atoms with Crippen molar-refractivity contribution in [3.8, 4) is 0 Å². The van der Waals surface area contributed by atoms with E-state index in [1.807, 2.05) is 0 Å². The highest BCUT2D eigenvalue weighted by molar-refractivity contribution is 5.25. The summed E-state index contributed by atoms with van der Waals surface area (Å²) in [4.78, 5) is 0. The van der Waals surface area contributed by atoms with Gasteiger partial charge in [-0.3, -0.25) is 0 Å². The lowest BCUT2D eigenvalue weighted by Gasteiger charge is -2.18. The molecule has 0 bridgehead atoms. The molecule has 0 radical (unpaired) electrons. The fraction of sp³-hybridized carbons (Fsp3) is 0.500. The SMILES string of the molecule is CCC1NCCC1c1cccc(F)c1F. The molecule has 0 amide bonds. The molecule has 1 N–H and O–H groups in total. The van der Waals surface area contributed by atoms with E-state index in [9.17, 15) is 8.78 Å². The standard InChI is InChI=1S/C12H15F2N/c1-2-11-8(6-7-15-11)9-4-3-5-10(13)12(9)14/h3-5,8,11,15H,2,6-7H2,1H3. The molecule has 82 valence electrons.